The second-order valence-electron chi connectivity index (χ2n) is 5.95. The zero-order chi connectivity index (χ0) is 15.7. The van der Waals surface area contributed by atoms with Gasteiger partial charge in [-0.15, -0.1) is 0 Å². The maximum Gasteiger partial charge on any atom is 0.254 e. The van der Waals surface area contributed by atoms with Gasteiger partial charge in [0, 0.05) is 6.04 Å². The second-order valence-corrected chi connectivity index (χ2v) is 5.95. The van der Waals surface area contributed by atoms with Crippen LogP contribution in [0.5, 0.6) is 0 Å². The van der Waals surface area contributed by atoms with Crippen LogP contribution < -0.4 is 5.32 Å². The first-order valence-corrected chi connectivity index (χ1v) is 7.62. The van der Waals surface area contributed by atoms with E-state index in [9.17, 15) is 15.0 Å². The summed E-state index contributed by atoms with van der Waals surface area (Å²) in [4.78, 5) is 12.1. The molecule has 1 amide bonds. The summed E-state index contributed by atoms with van der Waals surface area (Å²) in [6.45, 7) is -0.398. The van der Waals surface area contributed by atoms with Crippen molar-refractivity contribution in [3.05, 3.63) is 23.7 Å². The predicted molar refractivity (Wildman–Crippen MR) is 75.1 cm³/mol. The Bertz CT molecular complexity index is 524. The molecule has 0 bridgehead atoms. The summed E-state index contributed by atoms with van der Waals surface area (Å²) in [5.41, 5.74) is 0.361. The highest BCUT2D eigenvalue weighted by molar-refractivity contribution is 5.94. The average Bonchev–Trinajstić information content (AvgIpc) is 3.22. The lowest BCUT2D eigenvalue weighted by atomic mass is 10.1. The Morgan fingerprint density at radius 1 is 1.27 bits per heavy atom. The lowest BCUT2D eigenvalue weighted by molar-refractivity contribution is -0.0290. The lowest BCUT2D eigenvalue weighted by Gasteiger charge is -2.11. The van der Waals surface area contributed by atoms with Crippen LogP contribution in [0.4, 0.5) is 0 Å². The largest absolute Gasteiger partial charge is 0.466 e. The van der Waals surface area contributed by atoms with Crippen molar-refractivity contribution in [3.8, 4) is 0 Å². The Morgan fingerprint density at radius 2 is 2.00 bits per heavy atom. The summed E-state index contributed by atoms with van der Waals surface area (Å²) in [5, 5.41) is 31.7. The molecule has 1 aliphatic carbocycles. The molecule has 1 aliphatic heterocycles. The zero-order valence-electron chi connectivity index (χ0n) is 12.1. The van der Waals surface area contributed by atoms with Gasteiger partial charge in [-0.1, -0.05) is 12.8 Å². The van der Waals surface area contributed by atoms with E-state index in [-0.39, 0.29) is 17.7 Å². The van der Waals surface area contributed by atoms with Gasteiger partial charge in [-0.25, -0.2) is 0 Å². The van der Waals surface area contributed by atoms with E-state index in [1.807, 2.05) is 0 Å². The number of nitrogens with one attached hydrogen (secondary N) is 1. The van der Waals surface area contributed by atoms with Gasteiger partial charge < -0.3 is 29.8 Å². The molecule has 0 aromatic carbocycles. The van der Waals surface area contributed by atoms with Crippen molar-refractivity contribution in [2.24, 2.45) is 0 Å². The topological polar surface area (TPSA) is 112 Å². The monoisotopic (exact) mass is 311 g/mol. The van der Waals surface area contributed by atoms with E-state index in [0.717, 1.165) is 25.7 Å². The summed E-state index contributed by atoms with van der Waals surface area (Å²) in [6, 6.07) is 1.71. The molecule has 0 radical (unpaired) electrons. The smallest absolute Gasteiger partial charge is 0.254 e. The molecule has 1 aromatic rings. The fourth-order valence-corrected chi connectivity index (χ4v) is 3.09. The predicted octanol–water partition coefficient (Wildman–Crippen LogP) is 0.106. The van der Waals surface area contributed by atoms with Gasteiger partial charge in [-0.05, 0) is 18.9 Å². The van der Waals surface area contributed by atoms with Gasteiger partial charge in [-0.2, -0.15) is 0 Å². The molecule has 1 saturated carbocycles. The summed E-state index contributed by atoms with van der Waals surface area (Å²) >= 11 is 0. The number of furan rings is 1. The Hall–Kier alpha value is -1.41. The number of aliphatic hydroxyl groups is 3. The molecule has 122 valence electrons. The molecule has 0 unspecified atom stereocenters. The minimum atomic E-state index is -1.20. The molecule has 4 atom stereocenters. The third-order valence-electron chi connectivity index (χ3n) is 4.40. The van der Waals surface area contributed by atoms with E-state index >= 15 is 0 Å². The Kier molecular flexibility index (Phi) is 4.49. The minimum Gasteiger partial charge on any atom is -0.466 e. The van der Waals surface area contributed by atoms with E-state index in [4.69, 9.17) is 14.3 Å². The zero-order valence-corrected chi connectivity index (χ0v) is 12.1. The standard InChI is InChI=1S/C15H21NO6/c17-6-11-12(18)13(19)14(22-11)10-5-8(7-21-10)15(20)16-9-3-1-2-4-9/h5,7,9,11-14,17-19H,1-4,6H2,(H,16,20)/t11-,12-,13-,14+/m1/s1. The molecule has 1 aromatic heterocycles. The summed E-state index contributed by atoms with van der Waals surface area (Å²) in [5.74, 6) is 0.0488. The normalized spacial score (nSPS) is 32.5. The molecule has 1 saturated heterocycles. The van der Waals surface area contributed by atoms with E-state index in [1.54, 1.807) is 0 Å². The fourth-order valence-electron chi connectivity index (χ4n) is 3.09. The molecule has 2 heterocycles. The van der Waals surface area contributed by atoms with Gasteiger partial charge >= 0.3 is 0 Å². The number of amides is 1. The third kappa shape index (κ3) is 2.89. The van der Waals surface area contributed by atoms with Gasteiger partial charge in [0.15, 0.2) is 0 Å². The van der Waals surface area contributed by atoms with Crippen LogP contribution in [0, 0.1) is 0 Å². The number of ether oxygens (including phenoxy) is 1. The fraction of sp³-hybridized carbons (Fsp3) is 0.667. The van der Waals surface area contributed by atoms with Crippen LogP contribution in [0.15, 0.2) is 16.7 Å². The lowest BCUT2D eigenvalue weighted by Crippen LogP contribution is -2.32. The van der Waals surface area contributed by atoms with E-state index in [2.05, 4.69) is 5.32 Å². The molecular weight excluding hydrogens is 290 g/mol. The van der Waals surface area contributed by atoms with Crippen LogP contribution >= 0.6 is 0 Å². The second kappa shape index (κ2) is 6.37. The van der Waals surface area contributed by atoms with Crippen molar-refractivity contribution in [2.45, 2.75) is 56.1 Å². The van der Waals surface area contributed by atoms with Crippen LogP contribution in [0.3, 0.4) is 0 Å². The molecule has 2 aliphatic rings. The van der Waals surface area contributed by atoms with Crippen LogP contribution in [-0.2, 0) is 4.74 Å². The van der Waals surface area contributed by atoms with Crippen molar-refractivity contribution >= 4 is 5.91 Å². The van der Waals surface area contributed by atoms with Crippen LogP contribution in [0.1, 0.15) is 47.9 Å². The Labute approximate surface area is 127 Å². The molecule has 4 N–H and O–H groups in total. The summed E-state index contributed by atoms with van der Waals surface area (Å²) in [7, 11) is 0. The van der Waals surface area contributed by atoms with E-state index in [1.165, 1.54) is 12.3 Å². The highest BCUT2D eigenvalue weighted by Crippen LogP contribution is 2.34. The Morgan fingerprint density at radius 3 is 2.64 bits per heavy atom. The van der Waals surface area contributed by atoms with Crippen molar-refractivity contribution in [3.63, 3.8) is 0 Å². The van der Waals surface area contributed by atoms with Crippen molar-refractivity contribution in [2.75, 3.05) is 6.61 Å². The van der Waals surface area contributed by atoms with Crippen LogP contribution in [0.2, 0.25) is 0 Å². The quantitative estimate of drug-likeness (QED) is 0.628. The van der Waals surface area contributed by atoms with Gasteiger partial charge in [0.2, 0.25) is 0 Å². The third-order valence-corrected chi connectivity index (χ3v) is 4.40. The summed E-state index contributed by atoms with van der Waals surface area (Å²) < 4.78 is 10.7. The number of aliphatic hydroxyl groups excluding tert-OH is 3. The molecule has 7 heteroatoms. The molecule has 7 nitrogen and oxygen atoms in total. The molecular formula is C15H21NO6. The SMILES string of the molecule is O=C(NC1CCCC1)c1coc([C@@H]2O[C@H](CO)[C@@H](O)[C@H]2O)c1. The molecule has 22 heavy (non-hydrogen) atoms. The van der Waals surface area contributed by atoms with Crippen molar-refractivity contribution in [1.82, 2.24) is 5.32 Å². The number of hydrogen-bond acceptors (Lipinski definition) is 6. The van der Waals surface area contributed by atoms with Crippen LogP contribution in [-0.4, -0.2) is 52.2 Å². The molecule has 2 fully saturated rings. The average molecular weight is 311 g/mol. The maximum atomic E-state index is 12.1. The number of rotatable bonds is 4. The molecule has 0 spiro atoms. The van der Waals surface area contributed by atoms with Gasteiger partial charge in [0.25, 0.3) is 5.91 Å². The Balaban J connectivity index is 1.67. The minimum absolute atomic E-state index is 0.208. The van der Waals surface area contributed by atoms with E-state index in [0.29, 0.717) is 5.56 Å². The van der Waals surface area contributed by atoms with Crippen molar-refractivity contribution < 1.29 is 29.3 Å². The first-order valence-electron chi connectivity index (χ1n) is 7.62. The number of carbonyl (C=O) groups excluding carboxylic acids is 1. The highest BCUT2D eigenvalue weighted by Gasteiger charge is 2.44. The summed E-state index contributed by atoms with van der Waals surface area (Å²) in [6.07, 6.45) is 1.42. The van der Waals surface area contributed by atoms with Crippen molar-refractivity contribution in [1.29, 1.82) is 0 Å². The number of hydrogen-bond donors (Lipinski definition) is 4. The first kappa shape index (κ1) is 15.5. The maximum absolute atomic E-state index is 12.1. The first-order chi connectivity index (χ1) is 10.6. The molecule has 3 rings (SSSR count). The van der Waals surface area contributed by atoms with Crippen LogP contribution in [0.25, 0.3) is 0 Å². The highest BCUT2D eigenvalue weighted by atomic mass is 16.6. The van der Waals surface area contributed by atoms with Gasteiger partial charge in [0.1, 0.15) is 36.4 Å². The van der Waals surface area contributed by atoms with Gasteiger partial charge in [-0.3, -0.25) is 4.79 Å². The van der Waals surface area contributed by atoms with E-state index < -0.39 is 31.0 Å². The van der Waals surface area contributed by atoms with Gasteiger partial charge in [0.05, 0.1) is 12.2 Å². The number of carbonyl (C=O) groups is 1.